The molecule has 1 aliphatic carbocycles. The molecule has 18 heavy (non-hydrogen) atoms. The SMILES string of the molecule is CCN(c1cc(Cl)c(F)cc1N)C1CCCCC1. The Bertz CT molecular complexity index is 417. The molecule has 1 aromatic carbocycles. The van der Waals surface area contributed by atoms with Gasteiger partial charge in [0.25, 0.3) is 0 Å². The molecule has 0 heterocycles. The van der Waals surface area contributed by atoms with Gasteiger partial charge in [0.15, 0.2) is 0 Å². The Morgan fingerprint density at radius 3 is 2.61 bits per heavy atom. The highest BCUT2D eigenvalue weighted by Gasteiger charge is 2.22. The molecule has 0 spiro atoms. The van der Waals surface area contributed by atoms with Crippen molar-refractivity contribution >= 4 is 23.0 Å². The summed E-state index contributed by atoms with van der Waals surface area (Å²) in [6.45, 7) is 2.97. The van der Waals surface area contributed by atoms with Gasteiger partial charge in [0, 0.05) is 18.7 Å². The molecule has 0 saturated heterocycles. The summed E-state index contributed by atoms with van der Waals surface area (Å²) in [6.07, 6.45) is 6.20. The zero-order valence-corrected chi connectivity index (χ0v) is 11.5. The van der Waals surface area contributed by atoms with Crippen molar-refractivity contribution in [3.05, 3.63) is 23.0 Å². The standard InChI is InChI=1S/C14H20ClFN2/c1-2-18(10-6-4-3-5-7-10)14-8-11(15)12(16)9-13(14)17/h8-10H,2-7,17H2,1H3. The van der Waals surface area contributed by atoms with Crippen molar-refractivity contribution < 1.29 is 4.39 Å². The maximum absolute atomic E-state index is 13.3. The van der Waals surface area contributed by atoms with E-state index in [-0.39, 0.29) is 5.02 Å². The molecule has 0 radical (unpaired) electrons. The van der Waals surface area contributed by atoms with Crippen molar-refractivity contribution in [1.29, 1.82) is 0 Å². The van der Waals surface area contributed by atoms with Crippen molar-refractivity contribution in [2.75, 3.05) is 17.2 Å². The van der Waals surface area contributed by atoms with Gasteiger partial charge in [0.1, 0.15) is 5.82 Å². The van der Waals surface area contributed by atoms with Gasteiger partial charge in [-0.25, -0.2) is 4.39 Å². The number of rotatable bonds is 3. The Balaban J connectivity index is 2.28. The molecule has 0 bridgehead atoms. The first-order valence-corrected chi connectivity index (χ1v) is 7.02. The summed E-state index contributed by atoms with van der Waals surface area (Å²) in [5, 5.41) is 0.147. The zero-order valence-electron chi connectivity index (χ0n) is 10.8. The van der Waals surface area contributed by atoms with Crippen molar-refractivity contribution in [3.8, 4) is 0 Å². The molecule has 4 heteroatoms. The lowest BCUT2D eigenvalue weighted by atomic mass is 9.93. The van der Waals surface area contributed by atoms with E-state index in [0.717, 1.165) is 12.2 Å². The van der Waals surface area contributed by atoms with Crippen LogP contribution < -0.4 is 10.6 Å². The lowest BCUT2D eigenvalue weighted by Gasteiger charge is -2.36. The summed E-state index contributed by atoms with van der Waals surface area (Å²) in [5.74, 6) is -0.447. The summed E-state index contributed by atoms with van der Waals surface area (Å²) < 4.78 is 13.3. The summed E-state index contributed by atoms with van der Waals surface area (Å²) in [4.78, 5) is 2.26. The van der Waals surface area contributed by atoms with E-state index in [2.05, 4.69) is 11.8 Å². The van der Waals surface area contributed by atoms with Crippen molar-refractivity contribution in [3.63, 3.8) is 0 Å². The number of nitrogens with zero attached hydrogens (tertiary/aromatic N) is 1. The van der Waals surface area contributed by atoms with Crippen LogP contribution in [0.5, 0.6) is 0 Å². The van der Waals surface area contributed by atoms with Gasteiger partial charge in [-0.1, -0.05) is 30.9 Å². The van der Waals surface area contributed by atoms with E-state index in [0.29, 0.717) is 11.7 Å². The van der Waals surface area contributed by atoms with Gasteiger partial charge >= 0.3 is 0 Å². The van der Waals surface area contributed by atoms with E-state index in [4.69, 9.17) is 17.3 Å². The molecule has 0 aromatic heterocycles. The van der Waals surface area contributed by atoms with Crippen molar-refractivity contribution in [1.82, 2.24) is 0 Å². The number of nitrogen functional groups attached to an aromatic ring is 1. The van der Waals surface area contributed by atoms with E-state index in [1.54, 1.807) is 6.07 Å². The van der Waals surface area contributed by atoms with Crippen LogP contribution >= 0.6 is 11.6 Å². The molecule has 2 N–H and O–H groups in total. The minimum atomic E-state index is -0.447. The number of hydrogen-bond acceptors (Lipinski definition) is 2. The highest BCUT2D eigenvalue weighted by molar-refractivity contribution is 6.31. The lowest BCUT2D eigenvalue weighted by molar-refractivity contribution is 0.418. The van der Waals surface area contributed by atoms with Crippen LogP contribution in [0.1, 0.15) is 39.0 Å². The number of halogens is 2. The quantitative estimate of drug-likeness (QED) is 0.833. The van der Waals surface area contributed by atoms with Gasteiger partial charge in [0.05, 0.1) is 16.4 Å². The van der Waals surface area contributed by atoms with E-state index in [9.17, 15) is 4.39 Å². The smallest absolute Gasteiger partial charge is 0.143 e. The first-order chi connectivity index (χ1) is 8.63. The average molecular weight is 271 g/mol. The van der Waals surface area contributed by atoms with E-state index in [1.807, 2.05) is 0 Å². The highest BCUT2D eigenvalue weighted by Crippen LogP contribution is 2.34. The van der Waals surface area contributed by atoms with Crippen LogP contribution in [0.15, 0.2) is 12.1 Å². The van der Waals surface area contributed by atoms with Gasteiger partial charge in [-0.05, 0) is 25.8 Å². The fourth-order valence-electron chi connectivity index (χ4n) is 2.82. The van der Waals surface area contributed by atoms with Gasteiger partial charge < -0.3 is 10.6 Å². The van der Waals surface area contributed by atoms with Crippen LogP contribution in [-0.2, 0) is 0 Å². The Labute approximate surface area is 113 Å². The molecule has 0 aliphatic heterocycles. The molecule has 0 atom stereocenters. The predicted octanol–water partition coefficient (Wildman–Crippen LogP) is 4.22. The van der Waals surface area contributed by atoms with Gasteiger partial charge in [-0.15, -0.1) is 0 Å². The van der Waals surface area contributed by atoms with Crippen LogP contribution in [0, 0.1) is 5.82 Å². The molecular formula is C14H20ClFN2. The minimum Gasteiger partial charge on any atom is -0.397 e. The van der Waals surface area contributed by atoms with E-state index >= 15 is 0 Å². The number of hydrogen-bond donors (Lipinski definition) is 1. The number of benzene rings is 1. The van der Waals surface area contributed by atoms with Crippen LogP contribution in [-0.4, -0.2) is 12.6 Å². The molecule has 1 aliphatic rings. The third-order valence-corrected chi connectivity index (χ3v) is 4.02. The minimum absolute atomic E-state index is 0.147. The topological polar surface area (TPSA) is 29.3 Å². The van der Waals surface area contributed by atoms with Crippen LogP contribution in [0.4, 0.5) is 15.8 Å². The second-order valence-corrected chi connectivity index (χ2v) is 5.31. The average Bonchev–Trinajstić information content (AvgIpc) is 2.38. The maximum Gasteiger partial charge on any atom is 0.143 e. The molecule has 0 unspecified atom stereocenters. The third kappa shape index (κ3) is 2.72. The van der Waals surface area contributed by atoms with Crippen molar-refractivity contribution in [2.24, 2.45) is 0 Å². The van der Waals surface area contributed by atoms with Crippen LogP contribution in [0.25, 0.3) is 0 Å². The lowest BCUT2D eigenvalue weighted by Crippen LogP contribution is -2.37. The van der Waals surface area contributed by atoms with Crippen molar-refractivity contribution in [2.45, 2.75) is 45.1 Å². The normalized spacial score (nSPS) is 16.8. The number of anilines is 2. The zero-order chi connectivity index (χ0) is 13.1. The monoisotopic (exact) mass is 270 g/mol. The second kappa shape index (κ2) is 5.79. The molecular weight excluding hydrogens is 251 g/mol. The molecule has 0 amide bonds. The fraction of sp³-hybridized carbons (Fsp3) is 0.571. The third-order valence-electron chi connectivity index (χ3n) is 3.74. The Morgan fingerprint density at radius 2 is 2.00 bits per heavy atom. The Kier molecular flexibility index (Phi) is 4.33. The van der Waals surface area contributed by atoms with E-state index < -0.39 is 5.82 Å². The summed E-state index contributed by atoms with van der Waals surface area (Å²) in [7, 11) is 0. The molecule has 1 fully saturated rings. The first-order valence-electron chi connectivity index (χ1n) is 6.64. The summed E-state index contributed by atoms with van der Waals surface area (Å²) in [6, 6.07) is 3.49. The molecule has 1 saturated carbocycles. The van der Waals surface area contributed by atoms with Crippen LogP contribution in [0.2, 0.25) is 5.02 Å². The van der Waals surface area contributed by atoms with Gasteiger partial charge in [-0.2, -0.15) is 0 Å². The highest BCUT2D eigenvalue weighted by atomic mass is 35.5. The molecule has 2 nitrogen and oxygen atoms in total. The fourth-order valence-corrected chi connectivity index (χ4v) is 2.98. The number of nitrogens with two attached hydrogens (primary N) is 1. The summed E-state index contributed by atoms with van der Waals surface area (Å²) in [5.41, 5.74) is 7.28. The Hall–Kier alpha value is -0.960. The molecule has 100 valence electrons. The first kappa shape index (κ1) is 13.5. The second-order valence-electron chi connectivity index (χ2n) is 4.90. The van der Waals surface area contributed by atoms with Crippen LogP contribution in [0.3, 0.4) is 0 Å². The van der Waals surface area contributed by atoms with Gasteiger partial charge in [-0.3, -0.25) is 0 Å². The largest absolute Gasteiger partial charge is 0.397 e. The van der Waals surface area contributed by atoms with E-state index in [1.165, 1.54) is 38.2 Å². The predicted molar refractivity (Wildman–Crippen MR) is 75.7 cm³/mol. The molecule has 1 aromatic rings. The Morgan fingerprint density at radius 1 is 1.33 bits per heavy atom. The maximum atomic E-state index is 13.3. The summed E-state index contributed by atoms with van der Waals surface area (Å²) >= 11 is 5.87. The van der Waals surface area contributed by atoms with Gasteiger partial charge in [0.2, 0.25) is 0 Å². The molecule has 2 rings (SSSR count).